The molecule has 0 bridgehead atoms. The first-order valence-corrected chi connectivity index (χ1v) is 10.3. The fourth-order valence-electron chi connectivity index (χ4n) is 4.05. The number of imidazole rings is 1. The van der Waals surface area contributed by atoms with Crippen LogP contribution in [0, 0.1) is 13.8 Å². The van der Waals surface area contributed by atoms with Gasteiger partial charge in [0.25, 0.3) is 0 Å². The van der Waals surface area contributed by atoms with Crippen LogP contribution in [0.15, 0.2) is 66.9 Å². The molecule has 6 heteroatoms. The number of H-pyrrole nitrogens is 2. The number of pyridine rings is 1. The summed E-state index contributed by atoms with van der Waals surface area (Å²) in [5.41, 5.74) is 9.91. The third-order valence-corrected chi connectivity index (χ3v) is 5.82. The fraction of sp³-hybridized carbons (Fsp3) is 0.160. The monoisotopic (exact) mass is 408 g/mol. The first kappa shape index (κ1) is 19.1. The lowest BCUT2D eigenvalue weighted by atomic mass is 9.98. The summed E-state index contributed by atoms with van der Waals surface area (Å²) < 4.78 is 2.04. The van der Waals surface area contributed by atoms with E-state index >= 15 is 0 Å². The van der Waals surface area contributed by atoms with E-state index in [-0.39, 0.29) is 0 Å². The molecule has 4 aromatic heterocycles. The quantitative estimate of drug-likeness (QED) is 0.433. The zero-order valence-corrected chi connectivity index (χ0v) is 17.9. The van der Waals surface area contributed by atoms with Crippen LogP contribution in [0.25, 0.3) is 39.4 Å². The summed E-state index contributed by atoms with van der Waals surface area (Å²) >= 11 is 0. The summed E-state index contributed by atoms with van der Waals surface area (Å²) in [5, 5.41) is 7.69. The highest BCUT2D eigenvalue weighted by Gasteiger charge is 2.18. The minimum atomic E-state index is 0.805. The molecule has 4 heterocycles. The second-order valence-electron chi connectivity index (χ2n) is 7.75. The van der Waals surface area contributed by atoms with Gasteiger partial charge >= 0.3 is 0 Å². The van der Waals surface area contributed by atoms with Crippen molar-refractivity contribution in [2.24, 2.45) is 7.05 Å². The molecule has 5 rings (SSSR count). The number of nitrogens with one attached hydrogen (secondary N) is 2. The topological polar surface area (TPSA) is 75.2 Å². The lowest BCUT2D eigenvalue weighted by Crippen LogP contribution is -1.96. The van der Waals surface area contributed by atoms with E-state index in [1.807, 2.05) is 42.9 Å². The van der Waals surface area contributed by atoms with Gasteiger partial charge in [-0.05, 0) is 49.6 Å². The number of aromatic nitrogens is 6. The SMILES string of the molecule is C=C/C=C(/C1=CCC=C1)c1cc(-c2n[nH]c3ccc(-c4cnc(C)n4C)nc23)[nH]c1C. The number of hydrogen-bond donors (Lipinski definition) is 2. The number of fused-ring (bicyclic) bond motifs is 1. The molecule has 1 aliphatic rings. The van der Waals surface area contributed by atoms with E-state index in [2.05, 4.69) is 64.0 Å². The van der Waals surface area contributed by atoms with Gasteiger partial charge < -0.3 is 9.55 Å². The maximum Gasteiger partial charge on any atom is 0.135 e. The van der Waals surface area contributed by atoms with Crippen LogP contribution in [0.1, 0.15) is 23.5 Å². The Morgan fingerprint density at radius 3 is 2.84 bits per heavy atom. The molecule has 0 amide bonds. The molecule has 2 N–H and O–H groups in total. The number of aromatic amines is 2. The Hall–Kier alpha value is -3.93. The van der Waals surface area contributed by atoms with E-state index < -0.39 is 0 Å². The maximum atomic E-state index is 4.93. The van der Waals surface area contributed by atoms with Crippen molar-refractivity contribution in [3.05, 3.63) is 84.0 Å². The van der Waals surface area contributed by atoms with Gasteiger partial charge in [-0.15, -0.1) is 0 Å². The molecule has 154 valence electrons. The molecule has 6 nitrogen and oxygen atoms in total. The molecule has 0 radical (unpaired) electrons. The fourth-order valence-corrected chi connectivity index (χ4v) is 4.05. The molecule has 0 fully saturated rings. The van der Waals surface area contributed by atoms with Crippen LogP contribution in [0.4, 0.5) is 0 Å². The number of nitrogens with zero attached hydrogens (tertiary/aromatic N) is 4. The molecule has 0 spiro atoms. The van der Waals surface area contributed by atoms with E-state index in [0.29, 0.717) is 0 Å². The normalized spacial score (nSPS) is 13.9. The number of allylic oxidation sites excluding steroid dienone is 7. The van der Waals surface area contributed by atoms with Crippen LogP contribution < -0.4 is 0 Å². The van der Waals surface area contributed by atoms with E-state index in [1.54, 1.807) is 0 Å². The van der Waals surface area contributed by atoms with Gasteiger partial charge in [-0.25, -0.2) is 9.97 Å². The van der Waals surface area contributed by atoms with Gasteiger partial charge in [-0.2, -0.15) is 5.10 Å². The first-order valence-electron chi connectivity index (χ1n) is 10.3. The largest absolute Gasteiger partial charge is 0.357 e. The van der Waals surface area contributed by atoms with Crippen LogP contribution in [0.2, 0.25) is 0 Å². The van der Waals surface area contributed by atoms with E-state index in [0.717, 1.165) is 62.9 Å². The van der Waals surface area contributed by atoms with Crippen molar-refractivity contribution in [1.82, 2.24) is 29.7 Å². The molecular formula is C25H24N6. The van der Waals surface area contributed by atoms with Crippen molar-refractivity contribution >= 4 is 16.6 Å². The Bertz CT molecular complexity index is 1400. The average Bonchev–Trinajstić information content (AvgIpc) is 3.55. The minimum Gasteiger partial charge on any atom is -0.357 e. The highest BCUT2D eigenvalue weighted by atomic mass is 15.1. The zero-order chi connectivity index (χ0) is 21.5. The van der Waals surface area contributed by atoms with Crippen molar-refractivity contribution in [1.29, 1.82) is 0 Å². The van der Waals surface area contributed by atoms with Crippen molar-refractivity contribution in [2.75, 3.05) is 0 Å². The van der Waals surface area contributed by atoms with Gasteiger partial charge in [-0.3, -0.25) is 5.10 Å². The lowest BCUT2D eigenvalue weighted by molar-refractivity contribution is 0.862. The van der Waals surface area contributed by atoms with Crippen LogP contribution in [-0.4, -0.2) is 29.7 Å². The highest BCUT2D eigenvalue weighted by Crippen LogP contribution is 2.34. The van der Waals surface area contributed by atoms with E-state index in [4.69, 9.17) is 4.98 Å². The Morgan fingerprint density at radius 1 is 1.26 bits per heavy atom. The molecule has 1 aliphatic carbocycles. The molecule has 0 aliphatic heterocycles. The summed E-state index contributed by atoms with van der Waals surface area (Å²) in [4.78, 5) is 12.8. The number of hydrogen-bond acceptors (Lipinski definition) is 3. The number of rotatable bonds is 5. The van der Waals surface area contributed by atoms with Crippen LogP contribution in [0.5, 0.6) is 0 Å². The zero-order valence-electron chi connectivity index (χ0n) is 17.9. The summed E-state index contributed by atoms with van der Waals surface area (Å²) in [6.07, 6.45) is 13.3. The van der Waals surface area contributed by atoms with Gasteiger partial charge in [0.2, 0.25) is 0 Å². The summed E-state index contributed by atoms with van der Waals surface area (Å²) in [7, 11) is 2.00. The van der Waals surface area contributed by atoms with Crippen molar-refractivity contribution in [3.8, 4) is 22.8 Å². The molecule has 4 aromatic rings. The van der Waals surface area contributed by atoms with Gasteiger partial charge in [0.05, 0.1) is 28.8 Å². The Labute approximate surface area is 180 Å². The van der Waals surface area contributed by atoms with Crippen LogP contribution in [-0.2, 0) is 7.05 Å². The smallest absolute Gasteiger partial charge is 0.135 e. The maximum absolute atomic E-state index is 4.93. The Balaban J connectivity index is 1.62. The van der Waals surface area contributed by atoms with E-state index in [1.165, 1.54) is 5.57 Å². The predicted molar refractivity (Wildman–Crippen MR) is 125 cm³/mol. The van der Waals surface area contributed by atoms with Crippen molar-refractivity contribution in [2.45, 2.75) is 20.3 Å². The molecule has 0 aromatic carbocycles. The summed E-state index contributed by atoms with van der Waals surface area (Å²) in [6.45, 7) is 7.97. The third-order valence-electron chi connectivity index (χ3n) is 5.82. The summed E-state index contributed by atoms with van der Waals surface area (Å²) in [6, 6.07) is 6.16. The van der Waals surface area contributed by atoms with Crippen molar-refractivity contribution in [3.63, 3.8) is 0 Å². The van der Waals surface area contributed by atoms with Gasteiger partial charge in [0.1, 0.15) is 17.0 Å². The van der Waals surface area contributed by atoms with Crippen LogP contribution >= 0.6 is 0 Å². The standard InChI is InChI=1S/C25H24N6/c1-5-8-18(17-9-6-7-10-17)19-13-22(27-15(19)2)25-24-21(29-30-25)12-11-20(28-24)23-14-26-16(3)31(23)4/h5-6,8-14,27H,1,7H2,2-4H3,(H,29,30)/b18-8-. The lowest BCUT2D eigenvalue weighted by Gasteiger charge is -2.06. The molecule has 31 heavy (non-hydrogen) atoms. The third kappa shape index (κ3) is 3.17. The van der Waals surface area contributed by atoms with Crippen LogP contribution in [0.3, 0.4) is 0 Å². The second kappa shape index (κ2) is 7.40. The molecule has 0 saturated carbocycles. The van der Waals surface area contributed by atoms with Gasteiger partial charge in [0.15, 0.2) is 0 Å². The molecule has 0 atom stereocenters. The van der Waals surface area contributed by atoms with Gasteiger partial charge in [0, 0.05) is 18.3 Å². The van der Waals surface area contributed by atoms with E-state index in [9.17, 15) is 0 Å². The Morgan fingerprint density at radius 2 is 2.13 bits per heavy atom. The first-order chi connectivity index (χ1) is 15.1. The number of aryl methyl sites for hydroxylation is 2. The Kier molecular flexibility index (Phi) is 4.55. The second-order valence-corrected chi connectivity index (χ2v) is 7.75. The molecule has 0 unspecified atom stereocenters. The molecular weight excluding hydrogens is 384 g/mol. The highest BCUT2D eigenvalue weighted by molar-refractivity contribution is 5.92. The average molecular weight is 409 g/mol. The van der Waals surface area contributed by atoms with Crippen molar-refractivity contribution < 1.29 is 0 Å². The summed E-state index contributed by atoms with van der Waals surface area (Å²) in [5.74, 6) is 0.950. The molecule has 0 saturated heterocycles. The van der Waals surface area contributed by atoms with Gasteiger partial charge in [-0.1, -0.05) is 37.0 Å². The predicted octanol–water partition coefficient (Wildman–Crippen LogP) is 5.43. The minimum absolute atomic E-state index is 0.805.